The van der Waals surface area contributed by atoms with Crippen LogP contribution in [0.5, 0.6) is 0 Å². The number of rotatable bonds is 9. The van der Waals surface area contributed by atoms with Gasteiger partial charge in [0.1, 0.15) is 5.54 Å². The summed E-state index contributed by atoms with van der Waals surface area (Å²) in [4.78, 5) is 14.2. The van der Waals surface area contributed by atoms with Gasteiger partial charge in [0.15, 0.2) is 0 Å². The van der Waals surface area contributed by atoms with Crippen molar-refractivity contribution in [2.75, 3.05) is 26.2 Å². The van der Waals surface area contributed by atoms with E-state index in [2.05, 4.69) is 37.9 Å². The fourth-order valence-corrected chi connectivity index (χ4v) is 3.68. The normalized spacial score (nSPS) is 26.5. The van der Waals surface area contributed by atoms with E-state index in [1.807, 2.05) is 0 Å². The monoisotopic (exact) mass is 298 g/mol. The van der Waals surface area contributed by atoms with Gasteiger partial charge in [-0.3, -0.25) is 4.79 Å². The number of aliphatic carboxylic acids is 1. The summed E-state index contributed by atoms with van der Waals surface area (Å²) in [5.74, 6) is 0.543. The predicted molar refractivity (Wildman–Crippen MR) is 87.6 cm³/mol. The minimum absolute atomic E-state index is 0.552. The number of hydrogen-bond acceptors (Lipinski definition) is 3. The lowest BCUT2D eigenvalue weighted by molar-refractivity contribution is -0.147. The molecule has 0 heterocycles. The quantitative estimate of drug-likeness (QED) is 0.687. The number of nitrogens with zero attached hydrogens (tertiary/aromatic N) is 1. The minimum atomic E-state index is -0.690. The number of nitrogens with one attached hydrogen (secondary N) is 1. The molecular weight excluding hydrogens is 264 g/mol. The van der Waals surface area contributed by atoms with Crippen LogP contribution in [0.1, 0.15) is 59.8 Å². The Balaban J connectivity index is 2.59. The van der Waals surface area contributed by atoms with E-state index < -0.39 is 11.5 Å². The van der Waals surface area contributed by atoms with Crippen molar-refractivity contribution >= 4 is 5.97 Å². The lowest BCUT2D eigenvalue weighted by Crippen LogP contribution is -2.56. The molecule has 0 bridgehead atoms. The van der Waals surface area contributed by atoms with Gasteiger partial charge in [-0.15, -0.1) is 0 Å². The van der Waals surface area contributed by atoms with Crippen molar-refractivity contribution < 1.29 is 9.90 Å². The Hall–Kier alpha value is -0.610. The maximum atomic E-state index is 11.8. The number of carbonyl (C=O) groups is 1. The van der Waals surface area contributed by atoms with E-state index in [0.717, 1.165) is 51.9 Å². The SMILES string of the molecule is CCN(CC)CCNC1(C(=O)O)CCCC(CC(C)C)C1. The Morgan fingerprint density at radius 1 is 1.38 bits per heavy atom. The van der Waals surface area contributed by atoms with Crippen LogP contribution in [0.2, 0.25) is 0 Å². The smallest absolute Gasteiger partial charge is 0.323 e. The highest BCUT2D eigenvalue weighted by molar-refractivity contribution is 5.79. The summed E-state index contributed by atoms with van der Waals surface area (Å²) in [5.41, 5.74) is -0.690. The van der Waals surface area contributed by atoms with Gasteiger partial charge >= 0.3 is 5.97 Å². The molecule has 1 saturated carbocycles. The third kappa shape index (κ3) is 5.59. The second kappa shape index (κ2) is 8.74. The molecule has 1 aliphatic rings. The molecule has 2 unspecified atom stereocenters. The average Bonchev–Trinajstić information content (AvgIpc) is 2.43. The van der Waals surface area contributed by atoms with E-state index in [4.69, 9.17) is 0 Å². The Bertz CT molecular complexity index is 316. The summed E-state index contributed by atoms with van der Waals surface area (Å²) < 4.78 is 0. The van der Waals surface area contributed by atoms with Gasteiger partial charge in [-0.25, -0.2) is 0 Å². The van der Waals surface area contributed by atoms with Crippen LogP contribution in [-0.2, 0) is 4.79 Å². The van der Waals surface area contributed by atoms with Crippen molar-refractivity contribution in [3.63, 3.8) is 0 Å². The van der Waals surface area contributed by atoms with Gasteiger partial charge in [-0.1, -0.05) is 40.5 Å². The van der Waals surface area contributed by atoms with Gasteiger partial charge in [-0.2, -0.15) is 0 Å². The van der Waals surface area contributed by atoms with Crippen molar-refractivity contribution in [1.29, 1.82) is 0 Å². The zero-order valence-corrected chi connectivity index (χ0v) is 14.3. The number of hydrogen-bond donors (Lipinski definition) is 2. The van der Waals surface area contributed by atoms with E-state index >= 15 is 0 Å². The zero-order valence-electron chi connectivity index (χ0n) is 14.3. The Labute approximate surface area is 130 Å². The van der Waals surface area contributed by atoms with E-state index in [0.29, 0.717) is 11.8 Å². The van der Waals surface area contributed by atoms with Crippen molar-refractivity contribution in [3.8, 4) is 0 Å². The van der Waals surface area contributed by atoms with Crippen LogP contribution in [0.15, 0.2) is 0 Å². The molecule has 1 aliphatic carbocycles. The molecule has 1 fully saturated rings. The third-order valence-corrected chi connectivity index (χ3v) is 4.85. The van der Waals surface area contributed by atoms with Crippen LogP contribution in [0.25, 0.3) is 0 Å². The highest BCUT2D eigenvalue weighted by Gasteiger charge is 2.42. The molecule has 1 rings (SSSR count). The molecule has 2 N–H and O–H groups in total. The maximum Gasteiger partial charge on any atom is 0.323 e. The van der Waals surface area contributed by atoms with Crippen LogP contribution < -0.4 is 5.32 Å². The topological polar surface area (TPSA) is 52.6 Å². The predicted octanol–water partition coefficient (Wildman–Crippen LogP) is 2.98. The van der Waals surface area contributed by atoms with E-state index in [1.165, 1.54) is 6.42 Å². The molecule has 21 heavy (non-hydrogen) atoms. The van der Waals surface area contributed by atoms with Crippen LogP contribution >= 0.6 is 0 Å². The molecule has 0 aromatic rings. The molecule has 0 spiro atoms. The van der Waals surface area contributed by atoms with Gasteiger partial charge in [0, 0.05) is 13.1 Å². The van der Waals surface area contributed by atoms with Gasteiger partial charge in [0.05, 0.1) is 0 Å². The fourth-order valence-electron chi connectivity index (χ4n) is 3.68. The first-order chi connectivity index (χ1) is 9.93. The molecule has 4 heteroatoms. The van der Waals surface area contributed by atoms with E-state index in [9.17, 15) is 9.90 Å². The van der Waals surface area contributed by atoms with Crippen molar-refractivity contribution in [3.05, 3.63) is 0 Å². The fraction of sp³-hybridized carbons (Fsp3) is 0.941. The lowest BCUT2D eigenvalue weighted by atomic mass is 9.73. The molecule has 0 radical (unpaired) electrons. The summed E-state index contributed by atoms with van der Waals surface area (Å²) in [6, 6.07) is 0. The minimum Gasteiger partial charge on any atom is -0.480 e. The van der Waals surface area contributed by atoms with Crippen LogP contribution in [0.3, 0.4) is 0 Å². The second-order valence-corrected chi connectivity index (χ2v) is 6.93. The molecule has 0 aromatic carbocycles. The van der Waals surface area contributed by atoms with E-state index in [1.54, 1.807) is 0 Å². The van der Waals surface area contributed by atoms with Crippen molar-refractivity contribution in [2.45, 2.75) is 65.3 Å². The standard InChI is InChI=1S/C17H34N2O2/c1-5-19(6-2)11-10-18-17(16(20)21)9-7-8-15(13-17)12-14(3)4/h14-15,18H,5-13H2,1-4H3,(H,20,21). The van der Waals surface area contributed by atoms with Crippen molar-refractivity contribution in [1.82, 2.24) is 10.2 Å². The van der Waals surface area contributed by atoms with Crippen LogP contribution in [-0.4, -0.2) is 47.7 Å². The molecule has 2 atom stereocenters. The first kappa shape index (κ1) is 18.4. The van der Waals surface area contributed by atoms with Crippen LogP contribution in [0.4, 0.5) is 0 Å². The Kier molecular flexibility index (Phi) is 7.67. The van der Waals surface area contributed by atoms with Gasteiger partial charge in [0.25, 0.3) is 0 Å². The highest BCUT2D eigenvalue weighted by atomic mass is 16.4. The first-order valence-corrected chi connectivity index (χ1v) is 8.64. The van der Waals surface area contributed by atoms with Crippen LogP contribution in [0, 0.1) is 11.8 Å². The summed E-state index contributed by atoms with van der Waals surface area (Å²) in [6.45, 7) is 12.5. The Morgan fingerprint density at radius 2 is 2.05 bits per heavy atom. The van der Waals surface area contributed by atoms with Gasteiger partial charge in [0.2, 0.25) is 0 Å². The molecule has 0 amide bonds. The molecule has 4 nitrogen and oxygen atoms in total. The molecule has 124 valence electrons. The molecule has 0 saturated heterocycles. The summed E-state index contributed by atoms with van der Waals surface area (Å²) >= 11 is 0. The lowest BCUT2D eigenvalue weighted by Gasteiger charge is -2.39. The van der Waals surface area contributed by atoms with Gasteiger partial charge < -0.3 is 15.3 Å². The summed E-state index contributed by atoms with van der Waals surface area (Å²) in [6.07, 6.45) is 4.92. The molecular formula is C17H34N2O2. The van der Waals surface area contributed by atoms with E-state index in [-0.39, 0.29) is 0 Å². The average molecular weight is 298 g/mol. The van der Waals surface area contributed by atoms with Crippen molar-refractivity contribution in [2.24, 2.45) is 11.8 Å². The Morgan fingerprint density at radius 3 is 2.57 bits per heavy atom. The molecule has 0 aliphatic heterocycles. The summed E-state index contributed by atoms with van der Waals surface area (Å²) in [7, 11) is 0. The number of likely N-dealkylation sites (N-methyl/N-ethyl adjacent to an activating group) is 1. The number of carboxylic acid groups (broad SMARTS) is 1. The maximum absolute atomic E-state index is 11.8. The molecule has 0 aromatic heterocycles. The van der Waals surface area contributed by atoms with Gasteiger partial charge in [-0.05, 0) is 44.2 Å². The highest BCUT2D eigenvalue weighted by Crippen LogP contribution is 2.36. The largest absolute Gasteiger partial charge is 0.480 e. The summed E-state index contributed by atoms with van der Waals surface area (Å²) in [5, 5.41) is 13.1. The number of carboxylic acids is 1. The second-order valence-electron chi connectivity index (χ2n) is 6.93. The zero-order chi connectivity index (χ0) is 15.9. The third-order valence-electron chi connectivity index (χ3n) is 4.85. The first-order valence-electron chi connectivity index (χ1n) is 8.64.